The van der Waals surface area contributed by atoms with Gasteiger partial charge in [0, 0.05) is 10.0 Å². The summed E-state index contributed by atoms with van der Waals surface area (Å²) in [5, 5.41) is 1.71. The number of primary amides is 1. The van der Waals surface area contributed by atoms with Crippen molar-refractivity contribution in [2.75, 3.05) is 6.54 Å². The first-order valence-corrected chi connectivity index (χ1v) is 11.0. The van der Waals surface area contributed by atoms with Gasteiger partial charge in [-0.25, -0.2) is 0 Å². The number of thioether (sulfide) groups is 1. The van der Waals surface area contributed by atoms with Crippen molar-refractivity contribution in [1.29, 1.82) is 0 Å². The van der Waals surface area contributed by atoms with Crippen LogP contribution in [0.15, 0.2) is 70.0 Å². The van der Waals surface area contributed by atoms with Crippen molar-refractivity contribution in [3.8, 4) is 5.75 Å². The van der Waals surface area contributed by atoms with Gasteiger partial charge >= 0.3 is 0 Å². The molecule has 31 heavy (non-hydrogen) atoms. The zero-order chi connectivity index (χ0) is 22.0. The molecule has 6 nitrogen and oxygen atoms in total. The summed E-state index contributed by atoms with van der Waals surface area (Å²) < 4.78 is 6.89. The van der Waals surface area contributed by atoms with Crippen LogP contribution in [-0.4, -0.2) is 28.5 Å². The van der Waals surface area contributed by atoms with E-state index in [-0.39, 0.29) is 4.91 Å². The maximum Gasteiger partial charge on any atom is 0.294 e. The summed E-state index contributed by atoms with van der Waals surface area (Å²) in [6, 6.07) is 19.6. The Labute approximate surface area is 191 Å². The van der Waals surface area contributed by atoms with E-state index in [9.17, 15) is 14.4 Å². The van der Waals surface area contributed by atoms with E-state index >= 15 is 0 Å². The second-order valence-electron chi connectivity index (χ2n) is 6.84. The number of nitrogens with zero attached hydrogens (tertiary/aromatic N) is 1. The van der Waals surface area contributed by atoms with Crippen molar-refractivity contribution >= 4 is 61.6 Å². The van der Waals surface area contributed by atoms with E-state index in [0.29, 0.717) is 17.9 Å². The largest absolute Gasteiger partial charge is 0.488 e. The molecule has 0 radical (unpaired) electrons. The number of amides is 3. The topological polar surface area (TPSA) is 89.7 Å². The molecule has 8 heteroatoms. The predicted molar refractivity (Wildman–Crippen MR) is 124 cm³/mol. The van der Waals surface area contributed by atoms with Crippen LogP contribution in [0.3, 0.4) is 0 Å². The van der Waals surface area contributed by atoms with Crippen LogP contribution in [0.2, 0.25) is 0 Å². The number of ether oxygens (including phenoxy) is 1. The lowest BCUT2D eigenvalue weighted by atomic mass is 10.1. The highest BCUT2D eigenvalue weighted by atomic mass is 79.9. The summed E-state index contributed by atoms with van der Waals surface area (Å²) in [5.41, 5.74) is 6.81. The second kappa shape index (κ2) is 8.95. The molecule has 0 aromatic heterocycles. The van der Waals surface area contributed by atoms with Crippen molar-refractivity contribution in [3.63, 3.8) is 0 Å². The smallest absolute Gasteiger partial charge is 0.294 e. The van der Waals surface area contributed by atoms with Crippen molar-refractivity contribution in [2.24, 2.45) is 5.73 Å². The Morgan fingerprint density at radius 3 is 2.68 bits per heavy atom. The van der Waals surface area contributed by atoms with Gasteiger partial charge in [-0.05, 0) is 52.4 Å². The predicted octanol–water partition coefficient (Wildman–Crippen LogP) is 4.70. The minimum atomic E-state index is -0.745. The van der Waals surface area contributed by atoms with E-state index in [0.717, 1.165) is 37.5 Å². The van der Waals surface area contributed by atoms with E-state index in [1.807, 2.05) is 48.5 Å². The van der Waals surface area contributed by atoms with Gasteiger partial charge in [-0.1, -0.05) is 58.4 Å². The average Bonchev–Trinajstić information content (AvgIpc) is 3.00. The maximum atomic E-state index is 12.5. The lowest BCUT2D eigenvalue weighted by Gasteiger charge is -2.12. The highest BCUT2D eigenvalue weighted by Crippen LogP contribution is 2.35. The molecule has 1 saturated heterocycles. The summed E-state index contributed by atoms with van der Waals surface area (Å²) in [7, 11) is 0. The quantitative estimate of drug-likeness (QED) is 0.499. The molecule has 0 bridgehead atoms. The number of hydrogen-bond acceptors (Lipinski definition) is 5. The van der Waals surface area contributed by atoms with E-state index < -0.39 is 23.6 Å². The highest BCUT2D eigenvalue weighted by molar-refractivity contribution is 9.10. The molecule has 0 unspecified atom stereocenters. The third-order valence-electron chi connectivity index (χ3n) is 4.71. The normalized spacial score (nSPS) is 15.1. The number of benzene rings is 3. The van der Waals surface area contributed by atoms with Gasteiger partial charge in [0.25, 0.3) is 11.1 Å². The van der Waals surface area contributed by atoms with E-state index in [2.05, 4.69) is 15.9 Å². The summed E-state index contributed by atoms with van der Waals surface area (Å²) in [5.74, 6) is -0.725. The fourth-order valence-corrected chi connectivity index (χ4v) is 4.48. The molecule has 1 aliphatic heterocycles. The van der Waals surface area contributed by atoms with Crippen LogP contribution in [0.4, 0.5) is 4.79 Å². The molecule has 3 aromatic carbocycles. The standard InChI is InChI=1S/C23H17BrN2O4S/c24-17-8-9-19(30-13-15-6-3-5-14-4-1-2-7-18(14)15)16(10-17)11-20-22(28)26(12-21(25)27)23(29)31-20/h1-11H,12-13H2,(H2,25,27)/b20-11-. The first-order valence-electron chi connectivity index (χ1n) is 9.35. The van der Waals surface area contributed by atoms with Gasteiger partial charge in [0.05, 0.1) is 4.91 Å². The Morgan fingerprint density at radius 2 is 1.87 bits per heavy atom. The van der Waals surface area contributed by atoms with Gasteiger partial charge in [-0.2, -0.15) is 0 Å². The molecule has 0 spiro atoms. The average molecular weight is 497 g/mol. The molecule has 156 valence electrons. The highest BCUT2D eigenvalue weighted by Gasteiger charge is 2.36. The number of nitrogens with two attached hydrogens (primary N) is 1. The molecule has 3 amide bonds. The van der Waals surface area contributed by atoms with Crippen molar-refractivity contribution in [3.05, 3.63) is 81.2 Å². The molecule has 0 aliphatic carbocycles. The SMILES string of the molecule is NC(=O)CN1C(=O)S/C(=C\c2cc(Br)ccc2OCc2cccc3ccccc23)C1=O. The van der Waals surface area contributed by atoms with Crippen LogP contribution in [0.5, 0.6) is 5.75 Å². The molecule has 1 aliphatic rings. The van der Waals surface area contributed by atoms with Crippen LogP contribution in [0, 0.1) is 0 Å². The molecule has 0 saturated carbocycles. The molecule has 3 aromatic rings. The third-order valence-corrected chi connectivity index (χ3v) is 6.11. The van der Waals surface area contributed by atoms with Crippen LogP contribution in [-0.2, 0) is 16.2 Å². The maximum absolute atomic E-state index is 12.5. The van der Waals surface area contributed by atoms with Crippen molar-refractivity contribution in [1.82, 2.24) is 4.90 Å². The first-order chi connectivity index (χ1) is 14.9. The molecule has 2 N–H and O–H groups in total. The van der Waals surface area contributed by atoms with E-state index in [4.69, 9.17) is 10.5 Å². The monoisotopic (exact) mass is 496 g/mol. The van der Waals surface area contributed by atoms with Crippen LogP contribution < -0.4 is 10.5 Å². The number of carbonyl (C=O) groups excluding carboxylic acids is 3. The number of carbonyl (C=O) groups is 3. The minimum absolute atomic E-state index is 0.208. The fraction of sp³-hybridized carbons (Fsp3) is 0.0870. The zero-order valence-corrected chi connectivity index (χ0v) is 18.6. The van der Waals surface area contributed by atoms with Gasteiger partial charge in [0.15, 0.2) is 0 Å². The third kappa shape index (κ3) is 4.65. The number of fused-ring (bicyclic) bond motifs is 1. The lowest BCUT2D eigenvalue weighted by Crippen LogP contribution is -2.36. The number of halogens is 1. The Balaban J connectivity index is 1.61. The summed E-state index contributed by atoms with van der Waals surface area (Å²) in [6.45, 7) is -0.0993. The number of hydrogen-bond donors (Lipinski definition) is 1. The molecular formula is C23H17BrN2O4S. The second-order valence-corrected chi connectivity index (χ2v) is 8.75. The molecule has 1 fully saturated rings. The minimum Gasteiger partial charge on any atom is -0.488 e. The fourth-order valence-electron chi connectivity index (χ4n) is 3.27. The van der Waals surface area contributed by atoms with Gasteiger partial charge in [0.1, 0.15) is 18.9 Å². The van der Waals surface area contributed by atoms with Crippen LogP contribution in [0.25, 0.3) is 16.8 Å². The Kier molecular flexibility index (Phi) is 6.11. The van der Waals surface area contributed by atoms with E-state index in [1.165, 1.54) is 0 Å². The van der Waals surface area contributed by atoms with Gasteiger partial charge < -0.3 is 10.5 Å². The molecule has 1 heterocycles. The van der Waals surface area contributed by atoms with Gasteiger partial charge in [0.2, 0.25) is 5.91 Å². The van der Waals surface area contributed by atoms with Crippen LogP contribution in [0.1, 0.15) is 11.1 Å². The molecule has 4 rings (SSSR count). The number of rotatable bonds is 6. The van der Waals surface area contributed by atoms with Gasteiger partial charge in [-0.3, -0.25) is 19.3 Å². The van der Waals surface area contributed by atoms with Crippen LogP contribution >= 0.6 is 27.7 Å². The number of imide groups is 1. The lowest BCUT2D eigenvalue weighted by molar-refractivity contribution is -0.127. The Bertz CT molecular complexity index is 1240. The Hall–Kier alpha value is -3.10. The summed E-state index contributed by atoms with van der Waals surface area (Å²) in [6.07, 6.45) is 1.59. The molecular weight excluding hydrogens is 480 g/mol. The Morgan fingerprint density at radius 1 is 1.10 bits per heavy atom. The van der Waals surface area contributed by atoms with Crippen molar-refractivity contribution < 1.29 is 19.1 Å². The van der Waals surface area contributed by atoms with Crippen molar-refractivity contribution in [2.45, 2.75) is 6.61 Å². The summed E-state index contributed by atoms with van der Waals surface area (Å²) >= 11 is 4.20. The van der Waals surface area contributed by atoms with E-state index in [1.54, 1.807) is 18.2 Å². The molecule has 0 atom stereocenters. The first kappa shape index (κ1) is 21.1. The summed E-state index contributed by atoms with van der Waals surface area (Å²) in [4.78, 5) is 36.8. The van der Waals surface area contributed by atoms with Gasteiger partial charge in [-0.15, -0.1) is 0 Å². The zero-order valence-electron chi connectivity index (χ0n) is 16.2.